The Morgan fingerprint density at radius 2 is 2.00 bits per heavy atom. The molecule has 0 aromatic heterocycles. The van der Waals surface area contributed by atoms with Gasteiger partial charge in [0.2, 0.25) is 10.0 Å². The third-order valence-corrected chi connectivity index (χ3v) is 5.10. The summed E-state index contributed by atoms with van der Waals surface area (Å²) in [6, 6.07) is 3.79. The average Bonchev–Trinajstić information content (AvgIpc) is 2.31. The van der Waals surface area contributed by atoms with E-state index in [1.807, 2.05) is 0 Å². The summed E-state index contributed by atoms with van der Waals surface area (Å²) in [5, 5.41) is 10.2. The van der Waals surface area contributed by atoms with E-state index in [0.29, 0.717) is 17.9 Å². The van der Waals surface area contributed by atoms with E-state index in [1.54, 1.807) is 0 Å². The van der Waals surface area contributed by atoms with E-state index >= 15 is 0 Å². The molecule has 106 valence electrons. The van der Waals surface area contributed by atoms with Crippen molar-refractivity contribution in [2.24, 2.45) is 0 Å². The number of aliphatic hydroxyl groups excluding tert-OH is 1. The molecule has 1 aliphatic rings. The van der Waals surface area contributed by atoms with Crippen LogP contribution in [0.4, 0.5) is 5.69 Å². The zero-order chi connectivity index (χ0) is 14.0. The standard InChI is InChI=1S/C12H17ClN2O3S/c13-8-5-6-12(9(14)7-8)19(17,18)15-10-3-1-2-4-11(10)16/h5-7,10-11,15-16H,1-4,14H2/t10-,11-/m0/s1. The van der Waals surface area contributed by atoms with Gasteiger partial charge in [0.15, 0.2) is 0 Å². The van der Waals surface area contributed by atoms with Crippen molar-refractivity contribution in [1.82, 2.24) is 4.72 Å². The van der Waals surface area contributed by atoms with Gasteiger partial charge in [-0.05, 0) is 31.0 Å². The van der Waals surface area contributed by atoms with Crippen molar-refractivity contribution in [1.29, 1.82) is 0 Å². The third-order valence-electron chi connectivity index (χ3n) is 3.30. The zero-order valence-electron chi connectivity index (χ0n) is 10.3. The first kappa shape index (κ1) is 14.6. The first-order chi connectivity index (χ1) is 8.90. The number of rotatable bonds is 3. The first-order valence-corrected chi connectivity index (χ1v) is 8.02. The monoisotopic (exact) mass is 304 g/mol. The second-order valence-electron chi connectivity index (χ2n) is 4.76. The number of anilines is 1. The fraction of sp³-hybridized carbons (Fsp3) is 0.500. The minimum Gasteiger partial charge on any atom is -0.398 e. The molecular formula is C12H17ClN2O3S. The van der Waals surface area contributed by atoms with Crippen LogP contribution in [0, 0.1) is 0 Å². The molecule has 5 nitrogen and oxygen atoms in total. The highest BCUT2D eigenvalue weighted by Gasteiger charge is 2.28. The largest absolute Gasteiger partial charge is 0.398 e. The molecule has 0 radical (unpaired) electrons. The van der Waals surface area contributed by atoms with E-state index in [1.165, 1.54) is 18.2 Å². The Balaban J connectivity index is 2.22. The maximum absolute atomic E-state index is 12.2. The number of nitrogens with two attached hydrogens (primary N) is 1. The second kappa shape index (κ2) is 5.66. The molecule has 0 amide bonds. The molecule has 0 heterocycles. The lowest BCUT2D eigenvalue weighted by Crippen LogP contribution is -2.45. The van der Waals surface area contributed by atoms with Gasteiger partial charge in [0.1, 0.15) is 4.90 Å². The van der Waals surface area contributed by atoms with Gasteiger partial charge < -0.3 is 10.8 Å². The minimum atomic E-state index is -3.73. The van der Waals surface area contributed by atoms with Crippen LogP contribution in [-0.2, 0) is 10.0 Å². The van der Waals surface area contributed by atoms with Gasteiger partial charge in [-0.25, -0.2) is 13.1 Å². The Morgan fingerprint density at radius 1 is 1.32 bits per heavy atom. The lowest BCUT2D eigenvalue weighted by molar-refractivity contribution is 0.101. The molecule has 2 atom stereocenters. The van der Waals surface area contributed by atoms with Crippen LogP contribution in [0.2, 0.25) is 5.02 Å². The van der Waals surface area contributed by atoms with Crippen molar-refractivity contribution < 1.29 is 13.5 Å². The van der Waals surface area contributed by atoms with Gasteiger partial charge >= 0.3 is 0 Å². The van der Waals surface area contributed by atoms with Crippen LogP contribution in [-0.4, -0.2) is 25.7 Å². The Labute approximate surface area is 117 Å². The highest BCUT2D eigenvalue weighted by molar-refractivity contribution is 7.89. The van der Waals surface area contributed by atoms with Crippen molar-refractivity contribution in [2.75, 3.05) is 5.73 Å². The number of halogens is 1. The van der Waals surface area contributed by atoms with Crippen molar-refractivity contribution in [3.8, 4) is 0 Å². The van der Waals surface area contributed by atoms with Crippen molar-refractivity contribution in [2.45, 2.75) is 42.7 Å². The second-order valence-corrected chi connectivity index (χ2v) is 6.88. The van der Waals surface area contributed by atoms with Gasteiger partial charge in [0.05, 0.1) is 11.8 Å². The van der Waals surface area contributed by atoms with Gasteiger partial charge in [-0.1, -0.05) is 24.4 Å². The van der Waals surface area contributed by atoms with Gasteiger partial charge in [-0.15, -0.1) is 0 Å². The average molecular weight is 305 g/mol. The summed E-state index contributed by atoms with van der Waals surface area (Å²) in [5.74, 6) is 0. The molecule has 0 unspecified atom stereocenters. The Morgan fingerprint density at radius 3 is 2.63 bits per heavy atom. The van der Waals surface area contributed by atoms with Crippen LogP contribution in [0.25, 0.3) is 0 Å². The molecule has 1 aromatic rings. The van der Waals surface area contributed by atoms with Crippen LogP contribution in [0.3, 0.4) is 0 Å². The van der Waals surface area contributed by atoms with Gasteiger partial charge in [0.25, 0.3) is 0 Å². The topological polar surface area (TPSA) is 92.4 Å². The van der Waals surface area contributed by atoms with Gasteiger partial charge in [-0.2, -0.15) is 0 Å². The number of nitrogen functional groups attached to an aromatic ring is 1. The predicted octanol–water partition coefficient (Wildman–Crippen LogP) is 1.50. The quantitative estimate of drug-likeness (QED) is 0.738. The molecule has 0 spiro atoms. The molecule has 19 heavy (non-hydrogen) atoms. The Hall–Kier alpha value is -0.820. The molecule has 0 aliphatic heterocycles. The van der Waals surface area contributed by atoms with E-state index in [2.05, 4.69) is 4.72 Å². The number of hydrogen-bond donors (Lipinski definition) is 3. The highest BCUT2D eigenvalue weighted by Crippen LogP contribution is 2.25. The number of benzene rings is 1. The Kier molecular flexibility index (Phi) is 4.35. The molecule has 0 saturated heterocycles. The van der Waals surface area contributed by atoms with Crippen molar-refractivity contribution in [3.05, 3.63) is 23.2 Å². The molecule has 1 saturated carbocycles. The van der Waals surface area contributed by atoms with Crippen LogP contribution < -0.4 is 10.5 Å². The third kappa shape index (κ3) is 3.39. The minimum absolute atomic E-state index is 0.00493. The fourth-order valence-corrected chi connectivity index (χ4v) is 3.87. The molecule has 2 rings (SSSR count). The molecule has 1 fully saturated rings. The lowest BCUT2D eigenvalue weighted by atomic mass is 9.93. The number of aliphatic hydroxyl groups is 1. The molecular weight excluding hydrogens is 288 g/mol. The molecule has 4 N–H and O–H groups in total. The summed E-state index contributed by atoms with van der Waals surface area (Å²) >= 11 is 5.75. The van der Waals surface area contributed by atoms with E-state index in [0.717, 1.165) is 12.8 Å². The lowest BCUT2D eigenvalue weighted by Gasteiger charge is -2.28. The smallest absolute Gasteiger partial charge is 0.242 e. The Bertz CT molecular complexity index is 562. The molecule has 1 aliphatic carbocycles. The van der Waals surface area contributed by atoms with Crippen LogP contribution in [0.5, 0.6) is 0 Å². The van der Waals surface area contributed by atoms with E-state index < -0.39 is 22.2 Å². The fourth-order valence-electron chi connectivity index (χ4n) is 2.28. The number of nitrogens with one attached hydrogen (secondary N) is 1. The van der Waals surface area contributed by atoms with Gasteiger partial charge in [-0.3, -0.25) is 0 Å². The summed E-state index contributed by atoms with van der Waals surface area (Å²) in [7, 11) is -3.73. The summed E-state index contributed by atoms with van der Waals surface area (Å²) in [5.41, 5.74) is 5.78. The van der Waals surface area contributed by atoms with E-state index in [4.69, 9.17) is 17.3 Å². The van der Waals surface area contributed by atoms with Crippen molar-refractivity contribution >= 4 is 27.3 Å². The van der Waals surface area contributed by atoms with Crippen LogP contribution >= 0.6 is 11.6 Å². The highest BCUT2D eigenvalue weighted by atomic mass is 35.5. The van der Waals surface area contributed by atoms with Crippen LogP contribution in [0.1, 0.15) is 25.7 Å². The summed E-state index contributed by atoms with van der Waals surface area (Å²) < 4.78 is 27.0. The maximum atomic E-state index is 12.2. The number of hydrogen-bond acceptors (Lipinski definition) is 4. The zero-order valence-corrected chi connectivity index (χ0v) is 11.9. The van der Waals surface area contributed by atoms with Crippen LogP contribution in [0.15, 0.2) is 23.1 Å². The molecule has 7 heteroatoms. The summed E-state index contributed by atoms with van der Waals surface area (Å²) in [4.78, 5) is -0.00493. The summed E-state index contributed by atoms with van der Waals surface area (Å²) in [6.45, 7) is 0. The summed E-state index contributed by atoms with van der Waals surface area (Å²) in [6.07, 6.45) is 2.43. The van der Waals surface area contributed by atoms with Gasteiger partial charge in [0, 0.05) is 11.1 Å². The SMILES string of the molecule is Nc1cc(Cl)ccc1S(=O)(=O)N[C@H]1CCCC[C@@H]1O. The molecule has 1 aromatic carbocycles. The number of sulfonamides is 1. The molecule has 0 bridgehead atoms. The van der Waals surface area contributed by atoms with Crippen molar-refractivity contribution in [3.63, 3.8) is 0 Å². The van der Waals surface area contributed by atoms with E-state index in [9.17, 15) is 13.5 Å². The normalized spacial score (nSPS) is 24.3. The predicted molar refractivity (Wildman–Crippen MR) is 74.4 cm³/mol. The maximum Gasteiger partial charge on any atom is 0.242 e. The first-order valence-electron chi connectivity index (χ1n) is 6.15. The van der Waals surface area contributed by atoms with E-state index in [-0.39, 0.29) is 10.6 Å².